The van der Waals surface area contributed by atoms with Gasteiger partial charge in [-0.2, -0.15) is 0 Å². The molecule has 5 rings (SSSR count). The molecule has 162 valence electrons. The number of hydrogen-bond donors (Lipinski definition) is 0. The Morgan fingerprint density at radius 3 is 2.25 bits per heavy atom. The summed E-state index contributed by atoms with van der Waals surface area (Å²) in [5.41, 5.74) is 4.59. The van der Waals surface area contributed by atoms with Crippen LogP contribution in [-0.4, -0.2) is 22.8 Å². The summed E-state index contributed by atoms with van der Waals surface area (Å²) in [6.07, 6.45) is 3.12. The highest BCUT2D eigenvalue weighted by molar-refractivity contribution is 5.73. The Bertz CT molecular complexity index is 1210. The summed E-state index contributed by atoms with van der Waals surface area (Å²) in [6.45, 7) is 5.09. The van der Waals surface area contributed by atoms with Crippen molar-refractivity contribution in [3.05, 3.63) is 107 Å². The molecule has 3 heterocycles. The van der Waals surface area contributed by atoms with Crippen LogP contribution < -0.4 is 5.56 Å². The first-order valence-corrected chi connectivity index (χ1v) is 10.9. The minimum Gasteiger partial charge on any atom is -0.346 e. The van der Waals surface area contributed by atoms with E-state index in [2.05, 4.69) is 4.98 Å². The average molecular weight is 427 g/mol. The molecule has 32 heavy (non-hydrogen) atoms. The third kappa shape index (κ3) is 4.40. The highest BCUT2D eigenvalue weighted by Crippen LogP contribution is 2.33. The molecule has 0 saturated carbocycles. The minimum absolute atomic E-state index is 0.105. The quantitative estimate of drug-likeness (QED) is 0.424. The van der Waals surface area contributed by atoms with Gasteiger partial charge in [-0.1, -0.05) is 62.4 Å². The fourth-order valence-electron chi connectivity index (χ4n) is 3.71. The van der Waals surface area contributed by atoms with Gasteiger partial charge in [-0.05, 0) is 35.9 Å². The smallest absolute Gasteiger partial charge is 0.263 e. The molecule has 0 bridgehead atoms. The minimum atomic E-state index is -0.468. The Hall–Kier alpha value is -3.54. The van der Waals surface area contributed by atoms with Crippen molar-refractivity contribution < 1.29 is 9.47 Å². The van der Waals surface area contributed by atoms with Crippen LogP contribution in [0.2, 0.25) is 0 Å². The summed E-state index contributed by atoms with van der Waals surface area (Å²) < 4.78 is 13.1. The molecule has 5 heteroatoms. The van der Waals surface area contributed by atoms with E-state index in [0.717, 1.165) is 28.1 Å². The number of rotatable bonds is 4. The Labute approximate surface area is 187 Å². The number of benzene rings is 2. The van der Waals surface area contributed by atoms with Crippen LogP contribution in [0.1, 0.15) is 25.7 Å². The summed E-state index contributed by atoms with van der Waals surface area (Å²) in [5, 5.41) is 0. The Kier molecular flexibility index (Phi) is 6.90. The van der Waals surface area contributed by atoms with E-state index in [1.165, 1.54) is 0 Å². The lowest BCUT2D eigenvalue weighted by Crippen LogP contribution is -2.20. The molecule has 2 aromatic carbocycles. The predicted octanol–water partition coefficient (Wildman–Crippen LogP) is 5.64. The molecule has 0 unspecified atom stereocenters. The first kappa shape index (κ1) is 21.7. The molecule has 2 aromatic heterocycles. The van der Waals surface area contributed by atoms with Gasteiger partial charge in [0.1, 0.15) is 0 Å². The second kappa shape index (κ2) is 10.2. The average Bonchev–Trinajstić information content (AvgIpc) is 3.42. The van der Waals surface area contributed by atoms with Gasteiger partial charge in [0.25, 0.3) is 5.56 Å². The molecular formula is C27H26N2O3. The second-order valence-electron chi connectivity index (χ2n) is 7.03. The fraction of sp³-hybridized carbons (Fsp3) is 0.185. The van der Waals surface area contributed by atoms with E-state index in [4.69, 9.17) is 9.47 Å². The van der Waals surface area contributed by atoms with Gasteiger partial charge in [0, 0.05) is 34.8 Å². The standard InChI is InChI=1S/C25H20N2O3.C2H6/c28-24-22(20-10-4-5-11-21(20)25-29-14-15-30-25)16-18(23-12-6-7-13-26-23)17-27(24)19-8-2-1-3-9-19;1-2/h1-13,16-17,25H,14-15H2;1-2H3. The first-order chi connectivity index (χ1) is 15.8. The lowest BCUT2D eigenvalue weighted by atomic mass is 9.98. The van der Waals surface area contributed by atoms with E-state index in [-0.39, 0.29) is 5.56 Å². The summed E-state index contributed by atoms with van der Waals surface area (Å²) in [6, 6.07) is 25.0. The normalized spacial score (nSPS) is 13.4. The molecule has 1 aliphatic heterocycles. The third-order valence-electron chi connectivity index (χ3n) is 5.14. The van der Waals surface area contributed by atoms with Crippen molar-refractivity contribution in [2.24, 2.45) is 0 Å². The molecule has 1 saturated heterocycles. The van der Waals surface area contributed by atoms with Gasteiger partial charge in [-0.15, -0.1) is 0 Å². The summed E-state index contributed by atoms with van der Waals surface area (Å²) in [7, 11) is 0. The predicted molar refractivity (Wildman–Crippen MR) is 127 cm³/mol. The van der Waals surface area contributed by atoms with Gasteiger partial charge in [0.2, 0.25) is 0 Å². The Morgan fingerprint density at radius 1 is 0.844 bits per heavy atom. The maximum atomic E-state index is 13.6. The number of hydrogen-bond acceptors (Lipinski definition) is 4. The number of aromatic nitrogens is 2. The summed E-state index contributed by atoms with van der Waals surface area (Å²) in [5.74, 6) is 0. The van der Waals surface area contributed by atoms with Gasteiger partial charge < -0.3 is 9.47 Å². The van der Waals surface area contributed by atoms with Crippen LogP contribution in [0.15, 0.2) is 96.1 Å². The molecule has 0 radical (unpaired) electrons. The van der Waals surface area contributed by atoms with E-state index in [9.17, 15) is 4.79 Å². The van der Waals surface area contributed by atoms with Crippen LogP contribution in [0.25, 0.3) is 28.1 Å². The van der Waals surface area contributed by atoms with Gasteiger partial charge in [0.15, 0.2) is 6.29 Å². The van der Waals surface area contributed by atoms with Gasteiger partial charge in [-0.3, -0.25) is 14.3 Å². The SMILES string of the molecule is CC.O=c1c(-c2ccccc2C2OCCO2)cc(-c2ccccn2)cn1-c1ccccc1. The largest absolute Gasteiger partial charge is 0.346 e. The molecule has 5 nitrogen and oxygen atoms in total. The molecule has 0 amide bonds. The topological polar surface area (TPSA) is 53.4 Å². The van der Waals surface area contributed by atoms with Crippen molar-refractivity contribution in [1.29, 1.82) is 0 Å². The monoisotopic (exact) mass is 426 g/mol. The molecule has 0 atom stereocenters. The fourth-order valence-corrected chi connectivity index (χ4v) is 3.71. The molecule has 1 fully saturated rings. The molecule has 0 spiro atoms. The van der Waals surface area contributed by atoms with E-state index in [1.54, 1.807) is 10.8 Å². The summed E-state index contributed by atoms with van der Waals surface area (Å²) in [4.78, 5) is 18.1. The number of pyridine rings is 2. The van der Waals surface area contributed by atoms with Crippen LogP contribution >= 0.6 is 0 Å². The number of nitrogens with zero attached hydrogens (tertiary/aromatic N) is 2. The van der Waals surface area contributed by atoms with Crippen LogP contribution in [0.4, 0.5) is 0 Å². The lowest BCUT2D eigenvalue weighted by Gasteiger charge is -2.17. The van der Waals surface area contributed by atoms with Crippen LogP contribution in [0.5, 0.6) is 0 Å². The number of ether oxygens (including phenoxy) is 2. The van der Waals surface area contributed by atoms with Crippen molar-refractivity contribution in [2.75, 3.05) is 13.2 Å². The van der Waals surface area contributed by atoms with Gasteiger partial charge >= 0.3 is 0 Å². The Balaban J connectivity index is 0.00000119. The Morgan fingerprint density at radius 2 is 1.53 bits per heavy atom. The maximum Gasteiger partial charge on any atom is 0.263 e. The lowest BCUT2D eigenvalue weighted by molar-refractivity contribution is -0.0436. The molecule has 0 aliphatic carbocycles. The van der Waals surface area contributed by atoms with Gasteiger partial charge in [0.05, 0.1) is 18.9 Å². The first-order valence-electron chi connectivity index (χ1n) is 10.9. The van der Waals surface area contributed by atoms with E-state index < -0.39 is 6.29 Å². The molecule has 4 aromatic rings. The van der Waals surface area contributed by atoms with Crippen molar-refractivity contribution in [2.45, 2.75) is 20.1 Å². The van der Waals surface area contributed by atoms with Crippen molar-refractivity contribution in [3.8, 4) is 28.1 Å². The van der Waals surface area contributed by atoms with E-state index >= 15 is 0 Å². The second-order valence-corrected chi connectivity index (χ2v) is 7.03. The highest BCUT2D eigenvalue weighted by atomic mass is 16.7. The zero-order chi connectivity index (χ0) is 22.3. The summed E-state index contributed by atoms with van der Waals surface area (Å²) >= 11 is 0. The zero-order valence-electron chi connectivity index (χ0n) is 18.3. The van der Waals surface area contributed by atoms with Crippen LogP contribution in [0.3, 0.4) is 0 Å². The van der Waals surface area contributed by atoms with Crippen LogP contribution in [0, 0.1) is 0 Å². The van der Waals surface area contributed by atoms with Crippen LogP contribution in [-0.2, 0) is 9.47 Å². The van der Waals surface area contributed by atoms with E-state index in [1.807, 2.05) is 98.9 Å². The van der Waals surface area contributed by atoms with Gasteiger partial charge in [-0.25, -0.2) is 0 Å². The van der Waals surface area contributed by atoms with Crippen molar-refractivity contribution >= 4 is 0 Å². The molecule has 0 N–H and O–H groups in total. The maximum absolute atomic E-state index is 13.6. The van der Waals surface area contributed by atoms with Crippen molar-refractivity contribution in [3.63, 3.8) is 0 Å². The number of para-hydroxylation sites is 1. The van der Waals surface area contributed by atoms with Crippen molar-refractivity contribution in [1.82, 2.24) is 9.55 Å². The van der Waals surface area contributed by atoms with E-state index in [0.29, 0.717) is 18.8 Å². The third-order valence-corrected chi connectivity index (χ3v) is 5.14. The highest BCUT2D eigenvalue weighted by Gasteiger charge is 2.23. The molecular weight excluding hydrogens is 400 g/mol. The molecule has 1 aliphatic rings. The zero-order valence-corrected chi connectivity index (χ0v) is 18.3.